The second-order valence-electron chi connectivity index (χ2n) is 6.49. The van der Waals surface area contributed by atoms with E-state index in [1.807, 2.05) is 12.1 Å². The van der Waals surface area contributed by atoms with Crippen LogP contribution in [0.25, 0.3) is 5.65 Å². The first-order chi connectivity index (χ1) is 14.8. The van der Waals surface area contributed by atoms with Crippen LogP contribution in [0.2, 0.25) is 5.02 Å². The van der Waals surface area contributed by atoms with E-state index < -0.39 is 21.7 Å². The van der Waals surface area contributed by atoms with Gasteiger partial charge in [-0.05, 0) is 54.6 Å². The lowest BCUT2D eigenvalue weighted by Gasteiger charge is -2.11. The first kappa shape index (κ1) is 20.8. The van der Waals surface area contributed by atoms with Crippen LogP contribution in [-0.4, -0.2) is 28.9 Å². The molecule has 0 saturated carbocycles. The third-order valence-electron chi connectivity index (χ3n) is 4.37. The molecule has 2 N–H and O–H groups in total. The largest absolute Gasteiger partial charge is 0.345 e. The summed E-state index contributed by atoms with van der Waals surface area (Å²) >= 11 is 6.07. The van der Waals surface area contributed by atoms with E-state index in [1.165, 1.54) is 30.3 Å². The lowest BCUT2D eigenvalue weighted by atomic mass is 10.2. The van der Waals surface area contributed by atoms with Crippen molar-refractivity contribution in [2.24, 2.45) is 0 Å². The molecule has 2 aromatic heterocycles. The van der Waals surface area contributed by atoms with Gasteiger partial charge in [-0.15, -0.1) is 10.2 Å². The fraction of sp³-hybridized carbons (Fsp3) is 0.0500. The summed E-state index contributed by atoms with van der Waals surface area (Å²) in [6, 6.07) is 14.1. The number of halogens is 2. The molecule has 0 aliphatic heterocycles. The minimum Gasteiger partial charge on any atom is -0.345 e. The molecule has 4 aromatic rings. The molecule has 0 aliphatic rings. The van der Waals surface area contributed by atoms with Gasteiger partial charge in [-0.25, -0.2) is 12.8 Å². The number of carbonyl (C=O) groups excluding carboxylic acids is 1. The summed E-state index contributed by atoms with van der Waals surface area (Å²) in [5, 5.41) is 10.7. The quantitative estimate of drug-likeness (QED) is 0.460. The zero-order chi connectivity index (χ0) is 22.0. The van der Waals surface area contributed by atoms with E-state index in [2.05, 4.69) is 20.2 Å². The lowest BCUT2D eigenvalue weighted by molar-refractivity contribution is 0.0949. The highest BCUT2D eigenvalue weighted by Crippen LogP contribution is 2.25. The van der Waals surface area contributed by atoms with Crippen LogP contribution >= 0.6 is 11.6 Å². The number of hydrogen-bond acceptors (Lipinski definition) is 5. The topological polar surface area (TPSA) is 105 Å². The molecule has 0 spiro atoms. The van der Waals surface area contributed by atoms with Gasteiger partial charge in [0.2, 0.25) is 0 Å². The Hall–Kier alpha value is -3.50. The van der Waals surface area contributed by atoms with Gasteiger partial charge in [-0.1, -0.05) is 17.7 Å². The van der Waals surface area contributed by atoms with Gasteiger partial charge in [0.1, 0.15) is 10.7 Å². The van der Waals surface area contributed by atoms with Crippen molar-refractivity contribution in [3.8, 4) is 0 Å². The molecular formula is C20H15ClFN5O3S. The molecule has 0 bridgehead atoms. The number of nitrogens with one attached hydrogen (secondary N) is 2. The van der Waals surface area contributed by atoms with Gasteiger partial charge < -0.3 is 5.32 Å². The minimum atomic E-state index is -4.11. The highest BCUT2D eigenvalue weighted by atomic mass is 35.5. The Morgan fingerprint density at radius 1 is 1.06 bits per heavy atom. The monoisotopic (exact) mass is 459 g/mol. The van der Waals surface area contributed by atoms with Gasteiger partial charge in [0.25, 0.3) is 15.9 Å². The van der Waals surface area contributed by atoms with Crippen molar-refractivity contribution in [2.75, 3.05) is 4.72 Å². The molecule has 8 nitrogen and oxygen atoms in total. The zero-order valence-electron chi connectivity index (χ0n) is 15.8. The van der Waals surface area contributed by atoms with Crippen LogP contribution in [-0.2, 0) is 16.6 Å². The molecule has 1 amide bonds. The van der Waals surface area contributed by atoms with Crippen molar-refractivity contribution in [2.45, 2.75) is 11.4 Å². The maximum atomic E-state index is 13.1. The maximum absolute atomic E-state index is 13.1. The first-order valence-electron chi connectivity index (χ1n) is 8.98. The minimum absolute atomic E-state index is 0.0605. The Morgan fingerprint density at radius 2 is 1.84 bits per heavy atom. The smallest absolute Gasteiger partial charge is 0.263 e. The van der Waals surface area contributed by atoms with Gasteiger partial charge in [-0.3, -0.25) is 13.9 Å². The van der Waals surface area contributed by atoms with Crippen LogP contribution in [0.5, 0.6) is 0 Å². The number of hydrogen-bond donors (Lipinski definition) is 2. The van der Waals surface area contributed by atoms with E-state index in [-0.39, 0.29) is 27.7 Å². The van der Waals surface area contributed by atoms with Crippen LogP contribution < -0.4 is 10.0 Å². The molecule has 0 fully saturated rings. The standard InChI is InChI=1S/C20H15ClFN5O3S/c21-16-9-4-13(11-17(16)31(29,30)26-15-7-5-14(22)6-8-15)20(28)23-12-19-25-24-18-3-1-2-10-27(18)19/h1-11,26H,12H2,(H,23,28). The summed E-state index contributed by atoms with van der Waals surface area (Å²) in [4.78, 5) is 12.3. The Bertz CT molecular complexity index is 1370. The highest BCUT2D eigenvalue weighted by molar-refractivity contribution is 7.92. The lowest BCUT2D eigenvalue weighted by Crippen LogP contribution is -2.24. The fourth-order valence-electron chi connectivity index (χ4n) is 2.85. The number of anilines is 1. The molecule has 4 rings (SSSR count). The van der Waals surface area contributed by atoms with E-state index in [9.17, 15) is 17.6 Å². The van der Waals surface area contributed by atoms with Crippen LogP contribution in [0, 0.1) is 5.82 Å². The molecular weight excluding hydrogens is 445 g/mol. The van der Waals surface area contributed by atoms with Gasteiger partial charge in [0.15, 0.2) is 11.5 Å². The number of aromatic nitrogens is 3. The molecule has 0 aliphatic carbocycles. The Kier molecular flexibility index (Phi) is 5.57. The number of fused-ring (bicyclic) bond motifs is 1. The van der Waals surface area contributed by atoms with Crippen LogP contribution in [0.3, 0.4) is 0 Å². The summed E-state index contributed by atoms with van der Waals surface area (Å²) in [5.41, 5.74) is 0.891. The molecule has 0 radical (unpaired) electrons. The molecule has 2 heterocycles. The van der Waals surface area contributed by atoms with Crippen LogP contribution in [0.4, 0.5) is 10.1 Å². The van der Waals surface area contributed by atoms with Crippen molar-refractivity contribution in [1.82, 2.24) is 19.9 Å². The van der Waals surface area contributed by atoms with Gasteiger partial charge in [-0.2, -0.15) is 0 Å². The number of sulfonamides is 1. The average Bonchev–Trinajstić information content (AvgIpc) is 3.17. The number of benzene rings is 2. The fourth-order valence-corrected chi connectivity index (χ4v) is 4.44. The SMILES string of the molecule is O=C(NCc1nnc2ccccn12)c1ccc(Cl)c(S(=O)(=O)Nc2ccc(F)cc2)c1. The molecule has 0 saturated heterocycles. The van der Waals surface area contributed by atoms with Gasteiger partial charge >= 0.3 is 0 Å². The average molecular weight is 460 g/mol. The molecule has 0 atom stereocenters. The molecule has 0 unspecified atom stereocenters. The van der Waals surface area contributed by atoms with E-state index in [0.717, 1.165) is 12.1 Å². The Balaban J connectivity index is 1.53. The van der Waals surface area contributed by atoms with Gasteiger partial charge in [0.05, 0.1) is 11.6 Å². The maximum Gasteiger partial charge on any atom is 0.263 e. The van der Waals surface area contributed by atoms with E-state index in [0.29, 0.717) is 11.5 Å². The van der Waals surface area contributed by atoms with Crippen molar-refractivity contribution in [1.29, 1.82) is 0 Å². The van der Waals surface area contributed by atoms with Crippen LogP contribution in [0.1, 0.15) is 16.2 Å². The zero-order valence-corrected chi connectivity index (χ0v) is 17.4. The predicted octanol–water partition coefficient (Wildman–Crippen LogP) is 3.25. The Labute approximate surface area is 181 Å². The summed E-state index contributed by atoms with van der Waals surface area (Å²) in [7, 11) is -4.11. The predicted molar refractivity (Wildman–Crippen MR) is 113 cm³/mol. The number of nitrogens with zero attached hydrogens (tertiary/aromatic N) is 3. The number of rotatable bonds is 6. The molecule has 158 valence electrons. The van der Waals surface area contributed by atoms with Crippen LogP contribution in [0.15, 0.2) is 71.8 Å². The third kappa shape index (κ3) is 4.49. The van der Waals surface area contributed by atoms with E-state index in [1.54, 1.807) is 16.7 Å². The summed E-state index contributed by atoms with van der Waals surface area (Å²) in [6.45, 7) is 0.0859. The second kappa shape index (κ2) is 8.32. The number of carbonyl (C=O) groups is 1. The van der Waals surface area contributed by atoms with E-state index >= 15 is 0 Å². The summed E-state index contributed by atoms with van der Waals surface area (Å²) in [6.07, 6.45) is 1.77. The molecule has 2 aromatic carbocycles. The van der Waals surface area contributed by atoms with Crippen molar-refractivity contribution < 1.29 is 17.6 Å². The van der Waals surface area contributed by atoms with Gasteiger partial charge in [0, 0.05) is 17.4 Å². The summed E-state index contributed by atoms with van der Waals surface area (Å²) < 4.78 is 42.6. The first-order valence-corrected chi connectivity index (χ1v) is 10.8. The third-order valence-corrected chi connectivity index (χ3v) is 6.23. The van der Waals surface area contributed by atoms with Crippen molar-refractivity contribution in [3.63, 3.8) is 0 Å². The molecule has 11 heteroatoms. The highest BCUT2D eigenvalue weighted by Gasteiger charge is 2.21. The van der Waals surface area contributed by atoms with Crippen molar-refractivity contribution in [3.05, 3.63) is 89.1 Å². The number of pyridine rings is 1. The second-order valence-corrected chi connectivity index (χ2v) is 8.54. The Morgan fingerprint density at radius 3 is 2.61 bits per heavy atom. The number of amides is 1. The normalized spacial score (nSPS) is 11.4. The molecule has 31 heavy (non-hydrogen) atoms. The van der Waals surface area contributed by atoms with E-state index in [4.69, 9.17) is 11.6 Å². The summed E-state index contributed by atoms with van der Waals surface area (Å²) in [5.74, 6) is -0.494. The van der Waals surface area contributed by atoms with Crippen molar-refractivity contribution >= 4 is 38.9 Å².